The van der Waals surface area contributed by atoms with Crippen LogP contribution in [0.5, 0.6) is 11.5 Å². The van der Waals surface area contributed by atoms with Gasteiger partial charge in [0.25, 0.3) is 11.7 Å². The van der Waals surface area contributed by atoms with E-state index >= 15 is 0 Å². The minimum atomic E-state index is -0.954. The highest BCUT2D eigenvalue weighted by molar-refractivity contribution is 6.42. The summed E-state index contributed by atoms with van der Waals surface area (Å²) in [5.74, 6) is -1.91. The smallest absolute Gasteiger partial charge is 0.379 e. The van der Waals surface area contributed by atoms with Gasteiger partial charge in [-0.15, -0.1) is 0 Å². The van der Waals surface area contributed by atoms with Gasteiger partial charge in [0.05, 0.1) is 21.3 Å². The third-order valence-electron chi connectivity index (χ3n) is 3.30. The largest absolute Gasteiger partial charge is 0.497 e. The molecule has 0 saturated heterocycles. The maximum Gasteiger partial charge on any atom is 0.379 e. The third kappa shape index (κ3) is 6.28. The molecule has 0 aliphatic rings. The fraction of sp³-hybridized carbons (Fsp3) is 0.158. The Morgan fingerprint density at radius 3 is 1.33 bits per heavy atom. The van der Waals surface area contributed by atoms with E-state index in [0.29, 0.717) is 11.5 Å². The molecule has 0 unspecified atom stereocenters. The summed E-state index contributed by atoms with van der Waals surface area (Å²) in [6.07, 6.45) is 0. The maximum absolute atomic E-state index is 11.3. The van der Waals surface area contributed by atoms with E-state index < -0.39 is 23.4 Å². The van der Waals surface area contributed by atoms with Crippen molar-refractivity contribution in [2.45, 2.75) is 0 Å². The highest BCUT2D eigenvalue weighted by Gasteiger charge is 2.16. The Morgan fingerprint density at radius 2 is 1.04 bits per heavy atom. The molecule has 0 fully saturated rings. The number of hydrogen-bond donors (Lipinski definition) is 1. The standard InChI is InChI=1S/C10H10O4.C9H9NO3/c1-13-8-5-3-7(4-6-8)9(11)10(12)14-2;1-13-7-4-2-6(3-5-7)8(11)9(10)12/h3-6H,1-2H3;2-5H,1H3,(H2,10,12). The molecule has 0 radical (unpaired) electrons. The molecular weight excluding hydrogens is 354 g/mol. The zero-order valence-corrected chi connectivity index (χ0v) is 15.1. The highest BCUT2D eigenvalue weighted by atomic mass is 16.5. The van der Waals surface area contributed by atoms with Crippen molar-refractivity contribution in [3.63, 3.8) is 0 Å². The van der Waals surface area contributed by atoms with E-state index in [-0.39, 0.29) is 11.1 Å². The van der Waals surface area contributed by atoms with Gasteiger partial charge in [-0.3, -0.25) is 14.4 Å². The van der Waals surface area contributed by atoms with E-state index in [9.17, 15) is 19.2 Å². The zero-order valence-electron chi connectivity index (χ0n) is 15.1. The number of Topliss-reactive ketones (excluding diaryl/α,β-unsaturated/α-hetero) is 2. The van der Waals surface area contributed by atoms with Crippen LogP contribution in [-0.4, -0.2) is 44.8 Å². The fourth-order valence-corrected chi connectivity index (χ4v) is 1.84. The van der Waals surface area contributed by atoms with Gasteiger partial charge in [0, 0.05) is 11.1 Å². The number of ether oxygens (including phenoxy) is 3. The van der Waals surface area contributed by atoms with Crippen molar-refractivity contribution in [2.24, 2.45) is 5.73 Å². The number of benzene rings is 2. The van der Waals surface area contributed by atoms with Gasteiger partial charge in [0.2, 0.25) is 5.78 Å². The predicted molar refractivity (Wildman–Crippen MR) is 95.9 cm³/mol. The number of carbonyl (C=O) groups is 4. The van der Waals surface area contributed by atoms with Crippen molar-refractivity contribution >= 4 is 23.4 Å². The molecule has 2 aromatic carbocycles. The Bertz CT molecular complexity index is 811. The molecule has 2 aromatic rings. The topological polar surface area (TPSA) is 122 Å². The second-order valence-corrected chi connectivity index (χ2v) is 4.97. The van der Waals surface area contributed by atoms with Crippen LogP contribution in [0.1, 0.15) is 20.7 Å². The lowest BCUT2D eigenvalue weighted by atomic mass is 10.1. The summed E-state index contributed by atoms with van der Waals surface area (Å²) in [5, 5.41) is 0. The van der Waals surface area contributed by atoms with Gasteiger partial charge in [-0.2, -0.15) is 0 Å². The molecule has 27 heavy (non-hydrogen) atoms. The first kappa shape index (κ1) is 21.4. The lowest BCUT2D eigenvalue weighted by Crippen LogP contribution is -2.22. The highest BCUT2D eigenvalue weighted by Crippen LogP contribution is 2.12. The Hall–Kier alpha value is -3.68. The number of rotatable bonds is 6. The molecule has 0 bridgehead atoms. The first-order chi connectivity index (χ1) is 12.8. The second kappa shape index (κ2) is 10.3. The number of primary amides is 1. The molecule has 0 atom stereocenters. The molecule has 8 nitrogen and oxygen atoms in total. The van der Waals surface area contributed by atoms with Crippen LogP contribution in [-0.2, 0) is 14.3 Å². The molecule has 0 aliphatic heterocycles. The number of ketones is 2. The van der Waals surface area contributed by atoms with Crippen molar-refractivity contribution in [1.82, 2.24) is 0 Å². The van der Waals surface area contributed by atoms with Crippen LogP contribution in [0, 0.1) is 0 Å². The number of hydrogen-bond acceptors (Lipinski definition) is 7. The van der Waals surface area contributed by atoms with Crippen LogP contribution >= 0.6 is 0 Å². The summed E-state index contributed by atoms with van der Waals surface area (Å²) in [6.45, 7) is 0. The average Bonchev–Trinajstić information content (AvgIpc) is 2.72. The summed E-state index contributed by atoms with van der Waals surface area (Å²) in [6, 6.07) is 12.4. The summed E-state index contributed by atoms with van der Waals surface area (Å²) in [4.78, 5) is 43.6. The van der Waals surface area contributed by atoms with Crippen molar-refractivity contribution in [3.8, 4) is 11.5 Å². The Balaban J connectivity index is 0.000000271. The first-order valence-corrected chi connectivity index (χ1v) is 7.59. The van der Waals surface area contributed by atoms with E-state index in [4.69, 9.17) is 15.2 Å². The molecule has 0 heterocycles. The molecular formula is C19H19NO7. The van der Waals surface area contributed by atoms with Crippen LogP contribution in [0.15, 0.2) is 48.5 Å². The number of amides is 1. The van der Waals surface area contributed by atoms with E-state index in [1.807, 2.05) is 0 Å². The van der Waals surface area contributed by atoms with Crippen molar-refractivity contribution in [3.05, 3.63) is 59.7 Å². The molecule has 8 heteroatoms. The lowest BCUT2D eigenvalue weighted by molar-refractivity contribution is -0.135. The van der Waals surface area contributed by atoms with Gasteiger partial charge in [-0.25, -0.2) is 4.79 Å². The van der Waals surface area contributed by atoms with E-state index in [0.717, 1.165) is 0 Å². The van der Waals surface area contributed by atoms with Gasteiger partial charge >= 0.3 is 5.97 Å². The predicted octanol–water partition coefficient (Wildman–Crippen LogP) is 1.41. The number of carbonyl (C=O) groups excluding carboxylic acids is 4. The van der Waals surface area contributed by atoms with Crippen LogP contribution in [0.25, 0.3) is 0 Å². The van der Waals surface area contributed by atoms with Crippen molar-refractivity contribution in [2.75, 3.05) is 21.3 Å². The Kier molecular flexibility index (Phi) is 8.18. The van der Waals surface area contributed by atoms with E-state index in [2.05, 4.69) is 4.74 Å². The molecule has 0 saturated carbocycles. The normalized spacial score (nSPS) is 9.30. The second-order valence-electron chi connectivity index (χ2n) is 4.97. The summed E-state index contributed by atoms with van der Waals surface area (Å²) in [7, 11) is 4.21. The first-order valence-electron chi connectivity index (χ1n) is 7.59. The summed E-state index contributed by atoms with van der Waals surface area (Å²) >= 11 is 0. The minimum Gasteiger partial charge on any atom is -0.497 e. The minimum absolute atomic E-state index is 0.272. The maximum atomic E-state index is 11.3. The van der Waals surface area contributed by atoms with Crippen LogP contribution in [0.2, 0.25) is 0 Å². The van der Waals surface area contributed by atoms with Crippen LogP contribution in [0.4, 0.5) is 0 Å². The lowest BCUT2D eigenvalue weighted by Gasteiger charge is -2.01. The van der Waals surface area contributed by atoms with Crippen molar-refractivity contribution < 1.29 is 33.4 Å². The van der Waals surface area contributed by atoms with Gasteiger partial charge in [0.1, 0.15) is 11.5 Å². The molecule has 2 rings (SSSR count). The molecule has 142 valence electrons. The quantitative estimate of drug-likeness (QED) is 0.461. The Morgan fingerprint density at radius 1 is 0.667 bits per heavy atom. The molecule has 0 aliphatic carbocycles. The monoisotopic (exact) mass is 373 g/mol. The Labute approximate surface area is 155 Å². The molecule has 2 N–H and O–H groups in total. The van der Waals surface area contributed by atoms with E-state index in [1.54, 1.807) is 24.3 Å². The van der Waals surface area contributed by atoms with Gasteiger partial charge in [-0.1, -0.05) is 0 Å². The summed E-state index contributed by atoms with van der Waals surface area (Å²) in [5.41, 5.74) is 5.38. The zero-order chi connectivity index (χ0) is 20.4. The number of nitrogens with two attached hydrogens (primary N) is 1. The summed E-state index contributed by atoms with van der Waals surface area (Å²) < 4.78 is 14.1. The fourth-order valence-electron chi connectivity index (χ4n) is 1.84. The van der Waals surface area contributed by atoms with Gasteiger partial charge in [-0.05, 0) is 48.5 Å². The SMILES string of the molecule is COC(=O)C(=O)c1ccc(OC)cc1.COc1ccc(C(=O)C(N)=O)cc1. The van der Waals surface area contributed by atoms with Gasteiger partial charge in [0.15, 0.2) is 0 Å². The molecule has 1 amide bonds. The van der Waals surface area contributed by atoms with Gasteiger partial charge < -0.3 is 19.9 Å². The van der Waals surface area contributed by atoms with Crippen LogP contribution in [0.3, 0.4) is 0 Å². The molecule has 0 aromatic heterocycles. The van der Waals surface area contributed by atoms with Crippen molar-refractivity contribution in [1.29, 1.82) is 0 Å². The van der Waals surface area contributed by atoms with E-state index in [1.165, 1.54) is 45.6 Å². The molecule has 0 spiro atoms. The average molecular weight is 373 g/mol. The third-order valence-corrected chi connectivity index (χ3v) is 3.30. The van der Waals surface area contributed by atoms with Crippen LogP contribution < -0.4 is 15.2 Å². The number of esters is 1. The number of methoxy groups -OCH3 is 3.